The SMILES string of the molecule is COc1ccc(-c2cc(=O)n(CC(=O)N3c4ccccc4C[C@H]3C)cn2)cc1. The average Bonchev–Trinajstić information content (AvgIpc) is 3.05. The fraction of sp³-hybridized carbons (Fsp3) is 0.227. The summed E-state index contributed by atoms with van der Waals surface area (Å²) < 4.78 is 6.50. The Morgan fingerprint density at radius 2 is 1.93 bits per heavy atom. The van der Waals surface area contributed by atoms with E-state index in [9.17, 15) is 9.59 Å². The van der Waals surface area contributed by atoms with Gasteiger partial charge in [-0.2, -0.15) is 0 Å². The normalized spacial score (nSPS) is 15.4. The van der Waals surface area contributed by atoms with Crippen molar-refractivity contribution in [2.75, 3.05) is 12.0 Å². The van der Waals surface area contributed by atoms with Crippen molar-refractivity contribution in [3.8, 4) is 17.0 Å². The van der Waals surface area contributed by atoms with Crippen molar-refractivity contribution in [1.29, 1.82) is 0 Å². The number of amides is 1. The highest BCUT2D eigenvalue weighted by Crippen LogP contribution is 2.31. The molecule has 6 nitrogen and oxygen atoms in total. The molecule has 4 rings (SSSR count). The second kappa shape index (κ2) is 7.31. The predicted molar refractivity (Wildman–Crippen MR) is 108 cm³/mol. The van der Waals surface area contributed by atoms with Crippen LogP contribution in [-0.2, 0) is 17.8 Å². The summed E-state index contributed by atoms with van der Waals surface area (Å²) in [4.78, 5) is 31.6. The van der Waals surface area contributed by atoms with Gasteiger partial charge in [-0.25, -0.2) is 4.98 Å². The lowest BCUT2D eigenvalue weighted by molar-refractivity contribution is -0.119. The Labute approximate surface area is 163 Å². The van der Waals surface area contributed by atoms with E-state index in [0.29, 0.717) is 5.69 Å². The second-order valence-electron chi connectivity index (χ2n) is 6.91. The van der Waals surface area contributed by atoms with Gasteiger partial charge >= 0.3 is 0 Å². The van der Waals surface area contributed by atoms with Gasteiger partial charge in [-0.05, 0) is 49.2 Å². The standard InChI is InChI=1S/C22H21N3O3/c1-15-11-17-5-3-4-6-20(17)25(15)22(27)13-24-14-23-19(12-21(24)26)16-7-9-18(28-2)10-8-16/h3-10,12,14-15H,11,13H2,1-2H3/t15-/m1/s1. The van der Waals surface area contributed by atoms with Gasteiger partial charge in [0.25, 0.3) is 5.56 Å². The van der Waals surface area contributed by atoms with Crippen molar-refractivity contribution in [3.63, 3.8) is 0 Å². The molecule has 1 atom stereocenters. The van der Waals surface area contributed by atoms with Gasteiger partial charge in [0.15, 0.2) is 0 Å². The van der Waals surface area contributed by atoms with Crippen molar-refractivity contribution in [1.82, 2.24) is 9.55 Å². The number of methoxy groups -OCH3 is 1. The molecule has 1 aromatic heterocycles. The molecular formula is C22H21N3O3. The molecule has 2 aromatic carbocycles. The van der Waals surface area contributed by atoms with E-state index in [4.69, 9.17) is 4.74 Å². The number of benzene rings is 2. The van der Waals surface area contributed by atoms with Crippen LogP contribution in [0.3, 0.4) is 0 Å². The van der Waals surface area contributed by atoms with E-state index in [1.165, 1.54) is 17.0 Å². The van der Waals surface area contributed by atoms with Crippen LogP contribution in [0.1, 0.15) is 12.5 Å². The molecule has 1 amide bonds. The fourth-order valence-corrected chi connectivity index (χ4v) is 3.63. The van der Waals surface area contributed by atoms with E-state index in [2.05, 4.69) is 4.98 Å². The molecule has 0 radical (unpaired) electrons. The lowest BCUT2D eigenvalue weighted by Crippen LogP contribution is -2.39. The van der Waals surface area contributed by atoms with Gasteiger partial charge in [0.1, 0.15) is 12.3 Å². The lowest BCUT2D eigenvalue weighted by Gasteiger charge is -2.23. The van der Waals surface area contributed by atoms with Gasteiger partial charge < -0.3 is 9.64 Å². The third-order valence-corrected chi connectivity index (χ3v) is 5.05. The van der Waals surface area contributed by atoms with Gasteiger partial charge in [-0.3, -0.25) is 14.2 Å². The largest absolute Gasteiger partial charge is 0.497 e. The number of nitrogens with zero attached hydrogens (tertiary/aromatic N) is 3. The molecule has 6 heteroatoms. The van der Waals surface area contributed by atoms with Crippen molar-refractivity contribution < 1.29 is 9.53 Å². The van der Waals surface area contributed by atoms with Crippen LogP contribution in [-0.4, -0.2) is 28.6 Å². The van der Waals surface area contributed by atoms with E-state index in [1.54, 1.807) is 12.0 Å². The molecule has 0 saturated carbocycles. The maximum Gasteiger partial charge on any atom is 0.254 e. The molecule has 2 heterocycles. The molecule has 0 N–H and O–H groups in total. The molecule has 0 spiro atoms. The molecule has 1 aliphatic heterocycles. The lowest BCUT2D eigenvalue weighted by atomic mass is 10.1. The summed E-state index contributed by atoms with van der Waals surface area (Å²) in [5.74, 6) is 0.626. The number of fused-ring (bicyclic) bond motifs is 1. The van der Waals surface area contributed by atoms with Crippen molar-refractivity contribution in [2.24, 2.45) is 0 Å². The maximum absolute atomic E-state index is 12.9. The second-order valence-corrected chi connectivity index (χ2v) is 6.91. The van der Waals surface area contributed by atoms with Crippen LogP contribution < -0.4 is 15.2 Å². The van der Waals surface area contributed by atoms with Crippen LogP contribution in [0.2, 0.25) is 0 Å². The van der Waals surface area contributed by atoms with Crippen molar-refractivity contribution in [3.05, 3.63) is 76.8 Å². The number of para-hydroxylation sites is 1. The maximum atomic E-state index is 12.9. The zero-order valence-electron chi connectivity index (χ0n) is 15.8. The zero-order valence-corrected chi connectivity index (χ0v) is 15.8. The van der Waals surface area contributed by atoms with Crippen LogP contribution in [0.5, 0.6) is 5.75 Å². The highest BCUT2D eigenvalue weighted by atomic mass is 16.5. The van der Waals surface area contributed by atoms with Crippen LogP contribution in [0, 0.1) is 0 Å². The number of anilines is 1. The van der Waals surface area contributed by atoms with Crippen LogP contribution in [0.25, 0.3) is 11.3 Å². The molecule has 142 valence electrons. The van der Waals surface area contributed by atoms with Gasteiger partial charge in [-0.1, -0.05) is 18.2 Å². The number of ether oxygens (including phenoxy) is 1. The number of carbonyl (C=O) groups is 1. The summed E-state index contributed by atoms with van der Waals surface area (Å²) in [6.45, 7) is 1.99. The third kappa shape index (κ3) is 3.29. The number of hydrogen-bond acceptors (Lipinski definition) is 4. The van der Waals surface area contributed by atoms with Crippen LogP contribution >= 0.6 is 0 Å². The Morgan fingerprint density at radius 1 is 1.18 bits per heavy atom. The monoisotopic (exact) mass is 375 g/mol. The topological polar surface area (TPSA) is 64.4 Å². The van der Waals surface area contributed by atoms with Gasteiger partial charge in [0.05, 0.1) is 19.1 Å². The predicted octanol–water partition coefficient (Wildman–Crippen LogP) is 2.90. The summed E-state index contributed by atoms with van der Waals surface area (Å²) in [5.41, 5.74) is 3.21. The number of carbonyl (C=O) groups excluding carboxylic acids is 1. The Hall–Kier alpha value is -3.41. The van der Waals surface area contributed by atoms with Gasteiger partial charge in [-0.15, -0.1) is 0 Å². The quantitative estimate of drug-likeness (QED) is 0.703. The fourth-order valence-electron chi connectivity index (χ4n) is 3.63. The molecule has 28 heavy (non-hydrogen) atoms. The summed E-state index contributed by atoms with van der Waals surface area (Å²) in [5, 5.41) is 0. The third-order valence-electron chi connectivity index (χ3n) is 5.05. The first-order valence-corrected chi connectivity index (χ1v) is 9.17. The minimum absolute atomic E-state index is 0.0343. The molecule has 0 fully saturated rings. The average molecular weight is 375 g/mol. The van der Waals surface area contributed by atoms with Crippen LogP contribution in [0.15, 0.2) is 65.7 Å². The molecule has 1 aliphatic rings. The van der Waals surface area contributed by atoms with Gasteiger partial charge in [0.2, 0.25) is 5.91 Å². The van der Waals surface area contributed by atoms with E-state index in [-0.39, 0.29) is 24.1 Å². The first-order chi connectivity index (χ1) is 13.6. The molecule has 0 unspecified atom stereocenters. The number of hydrogen-bond donors (Lipinski definition) is 0. The van der Waals surface area contributed by atoms with Crippen molar-refractivity contribution in [2.45, 2.75) is 25.9 Å². The highest BCUT2D eigenvalue weighted by Gasteiger charge is 2.30. The van der Waals surface area contributed by atoms with Crippen molar-refractivity contribution >= 4 is 11.6 Å². The van der Waals surface area contributed by atoms with E-state index in [0.717, 1.165) is 29.0 Å². The molecule has 0 saturated heterocycles. The van der Waals surface area contributed by atoms with Crippen LogP contribution in [0.4, 0.5) is 5.69 Å². The summed E-state index contributed by atoms with van der Waals surface area (Å²) in [7, 11) is 1.60. The Morgan fingerprint density at radius 3 is 2.64 bits per heavy atom. The first-order valence-electron chi connectivity index (χ1n) is 9.17. The number of aromatic nitrogens is 2. The molecule has 0 bridgehead atoms. The smallest absolute Gasteiger partial charge is 0.254 e. The molecule has 0 aliphatic carbocycles. The minimum atomic E-state index is -0.255. The Balaban J connectivity index is 1.55. The van der Waals surface area contributed by atoms with E-state index < -0.39 is 0 Å². The molecular weight excluding hydrogens is 354 g/mol. The summed E-state index contributed by atoms with van der Waals surface area (Å²) in [6, 6.07) is 16.7. The Bertz CT molecular complexity index is 1070. The zero-order chi connectivity index (χ0) is 19.7. The summed E-state index contributed by atoms with van der Waals surface area (Å²) in [6.07, 6.45) is 2.26. The van der Waals surface area contributed by atoms with Gasteiger partial charge in [0, 0.05) is 23.4 Å². The highest BCUT2D eigenvalue weighted by molar-refractivity contribution is 5.96. The Kier molecular flexibility index (Phi) is 4.69. The minimum Gasteiger partial charge on any atom is -0.497 e. The van der Waals surface area contributed by atoms with E-state index in [1.807, 2.05) is 55.5 Å². The molecule has 3 aromatic rings. The first kappa shape index (κ1) is 18.0. The van der Waals surface area contributed by atoms with E-state index >= 15 is 0 Å². The number of rotatable bonds is 4. The summed E-state index contributed by atoms with van der Waals surface area (Å²) >= 11 is 0.